The number of carbonyl (C=O) groups excluding carboxylic acids is 1. The van der Waals surface area contributed by atoms with Crippen LogP contribution in [-0.4, -0.2) is 49.2 Å². The molecule has 0 unspecified atom stereocenters. The second-order valence-electron chi connectivity index (χ2n) is 7.17. The third-order valence-electron chi connectivity index (χ3n) is 5.35. The quantitative estimate of drug-likeness (QED) is 0.498. The predicted molar refractivity (Wildman–Crippen MR) is 130 cm³/mol. The van der Waals surface area contributed by atoms with Crippen molar-refractivity contribution in [1.82, 2.24) is 9.29 Å². The first-order chi connectivity index (χ1) is 14.9. The van der Waals surface area contributed by atoms with Crippen molar-refractivity contribution in [3.63, 3.8) is 0 Å². The summed E-state index contributed by atoms with van der Waals surface area (Å²) in [5.41, 5.74) is 0.906. The van der Waals surface area contributed by atoms with Gasteiger partial charge in [-0.1, -0.05) is 17.4 Å². The van der Waals surface area contributed by atoms with Gasteiger partial charge in [0.1, 0.15) is 0 Å². The number of nitrogens with one attached hydrogen (secondary N) is 1. The lowest BCUT2D eigenvalue weighted by Crippen LogP contribution is -2.41. The van der Waals surface area contributed by atoms with E-state index < -0.39 is 10.0 Å². The van der Waals surface area contributed by atoms with E-state index in [0.29, 0.717) is 36.0 Å². The minimum absolute atomic E-state index is 0.0915. The number of sulfonamides is 1. The number of rotatable bonds is 6. The Kier molecular flexibility index (Phi) is 6.92. The van der Waals surface area contributed by atoms with Gasteiger partial charge in [0.25, 0.3) is 0 Å². The number of para-hydroxylation sites is 1. The van der Waals surface area contributed by atoms with Crippen LogP contribution in [-0.2, 0) is 14.8 Å². The second-order valence-corrected chi connectivity index (χ2v) is 11.9. The molecule has 2 aromatic carbocycles. The van der Waals surface area contributed by atoms with Crippen molar-refractivity contribution in [3.8, 4) is 0 Å². The number of amides is 1. The van der Waals surface area contributed by atoms with Crippen LogP contribution in [0.3, 0.4) is 0 Å². The Morgan fingerprint density at radius 3 is 2.45 bits per heavy atom. The zero-order valence-corrected chi connectivity index (χ0v) is 20.5. The lowest BCUT2D eigenvalue weighted by molar-refractivity contribution is -0.120. The van der Waals surface area contributed by atoms with Crippen LogP contribution in [0.1, 0.15) is 12.8 Å². The summed E-state index contributed by atoms with van der Waals surface area (Å²) in [6.07, 6.45) is 4.95. The zero-order valence-electron chi connectivity index (χ0n) is 17.2. The molecule has 10 heteroatoms. The maximum Gasteiger partial charge on any atom is 0.243 e. The van der Waals surface area contributed by atoms with E-state index in [4.69, 9.17) is 0 Å². The van der Waals surface area contributed by atoms with Crippen LogP contribution in [0, 0.1) is 5.92 Å². The first-order valence-corrected chi connectivity index (χ1v) is 14.5. The summed E-state index contributed by atoms with van der Waals surface area (Å²) in [6, 6.07) is 12.9. The first kappa shape index (κ1) is 22.6. The molecule has 1 fully saturated rings. The van der Waals surface area contributed by atoms with Crippen molar-refractivity contribution in [2.24, 2.45) is 5.92 Å². The highest BCUT2D eigenvalue weighted by Gasteiger charge is 2.32. The number of aromatic nitrogens is 1. The average Bonchev–Trinajstić information content (AvgIpc) is 3.21. The van der Waals surface area contributed by atoms with Crippen LogP contribution < -0.4 is 5.32 Å². The van der Waals surface area contributed by atoms with E-state index >= 15 is 0 Å². The largest absolute Gasteiger partial charge is 0.302 e. The Labute approximate surface area is 194 Å². The molecule has 0 spiro atoms. The lowest BCUT2D eigenvalue weighted by atomic mass is 9.97. The molecule has 1 N–H and O–H groups in total. The van der Waals surface area contributed by atoms with Gasteiger partial charge in [0.05, 0.1) is 15.1 Å². The molecule has 4 rings (SSSR count). The highest BCUT2D eigenvalue weighted by atomic mass is 32.2. The Morgan fingerprint density at radius 1 is 1.10 bits per heavy atom. The maximum absolute atomic E-state index is 12.9. The molecular formula is C21H23N3O3S4. The number of carbonyl (C=O) groups is 1. The summed E-state index contributed by atoms with van der Waals surface area (Å²) < 4.78 is 28.4. The van der Waals surface area contributed by atoms with Crippen LogP contribution >= 0.6 is 34.9 Å². The molecule has 1 aromatic heterocycles. The molecule has 1 amide bonds. The molecule has 0 atom stereocenters. The van der Waals surface area contributed by atoms with Gasteiger partial charge in [-0.15, -0.1) is 23.5 Å². The van der Waals surface area contributed by atoms with E-state index in [0.717, 1.165) is 20.0 Å². The van der Waals surface area contributed by atoms with Gasteiger partial charge in [0.15, 0.2) is 5.13 Å². The third-order valence-corrected chi connectivity index (χ3v) is 9.72. The van der Waals surface area contributed by atoms with Crippen molar-refractivity contribution < 1.29 is 13.2 Å². The summed E-state index contributed by atoms with van der Waals surface area (Å²) in [5, 5.41) is 3.53. The summed E-state index contributed by atoms with van der Waals surface area (Å²) in [6.45, 7) is 0.669. The van der Waals surface area contributed by atoms with E-state index in [-0.39, 0.29) is 11.8 Å². The Hall–Kier alpha value is -1.59. The van der Waals surface area contributed by atoms with E-state index in [1.807, 2.05) is 42.8 Å². The first-order valence-electron chi connectivity index (χ1n) is 9.81. The van der Waals surface area contributed by atoms with Gasteiger partial charge in [-0.05, 0) is 61.8 Å². The maximum atomic E-state index is 12.9. The van der Waals surface area contributed by atoms with Gasteiger partial charge >= 0.3 is 0 Å². The highest BCUT2D eigenvalue weighted by molar-refractivity contribution is 7.99. The predicted octanol–water partition coefficient (Wildman–Crippen LogP) is 4.78. The monoisotopic (exact) mass is 493 g/mol. The zero-order chi connectivity index (χ0) is 22.0. The molecule has 0 aliphatic carbocycles. The summed E-state index contributed by atoms with van der Waals surface area (Å²) in [5.74, 6) is -0.316. The Bertz CT molecular complexity index is 1180. The Balaban J connectivity index is 1.39. The summed E-state index contributed by atoms with van der Waals surface area (Å²) >= 11 is 4.66. The van der Waals surface area contributed by atoms with Gasteiger partial charge in [0, 0.05) is 28.8 Å². The lowest BCUT2D eigenvalue weighted by Gasteiger charge is -2.30. The SMILES string of the molecule is CSc1ccc(S(=O)(=O)N2CCC(C(=O)Nc3nc4c(SC)cccc4s3)CC2)cc1. The minimum Gasteiger partial charge on any atom is -0.302 e. The van der Waals surface area contributed by atoms with E-state index in [1.165, 1.54) is 15.6 Å². The van der Waals surface area contributed by atoms with Crippen molar-refractivity contribution in [3.05, 3.63) is 42.5 Å². The fourth-order valence-electron chi connectivity index (χ4n) is 3.60. The van der Waals surface area contributed by atoms with Gasteiger partial charge < -0.3 is 5.32 Å². The number of thioether (sulfide) groups is 2. The number of nitrogens with zero attached hydrogens (tertiary/aromatic N) is 2. The van der Waals surface area contributed by atoms with Gasteiger partial charge in [-0.2, -0.15) is 4.31 Å². The summed E-state index contributed by atoms with van der Waals surface area (Å²) in [7, 11) is -3.54. The average molecular weight is 494 g/mol. The molecule has 6 nitrogen and oxygen atoms in total. The fraction of sp³-hybridized carbons (Fsp3) is 0.333. The molecule has 1 aliphatic heterocycles. The molecule has 164 valence electrons. The molecule has 0 radical (unpaired) electrons. The number of hydrogen-bond donors (Lipinski definition) is 1. The van der Waals surface area contributed by atoms with Crippen LogP contribution in [0.2, 0.25) is 0 Å². The molecule has 0 bridgehead atoms. The second kappa shape index (κ2) is 9.50. The number of benzene rings is 2. The van der Waals surface area contributed by atoms with Gasteiger partial charge in [-0.3, -0.25) is 4.79 Å². The number of piperidine rings is 1. The van der Waals surface area contributed by atoms with E-state index in [9.17, 15) is 13.2 Å². The van der Waals surface area contributed by atoms with Crippen molar-refractivity contribution in [1.29, 1.82) is 0 Å². The topological polar surface area (TPSA) is 79.4 Å². The minimum atomic E-state index is -3.54. The molecule has 3 aromatic rings. The molecule has 31 heavy (non-hydrogen) atoms. The number of anilines is 1. The fourth-order valence-corrected chi connectivity index (χ4v) is 7.01. The van der Waals surface area contributed by atoms with Crippen molar-refractivity contribution in [2.75, 3.05) is 30.9 Å². The van der Waals surface area contributed by atoms with Crippen LogP contribution in [0.15, 0.2) is 57.2 Å². The molecule has 1 aliphatic rings. The molecular weight excluding hydrogens is 471 g/mol. The standard InChI is InChI=1S/C21H23N3O3S4/c1-28-15-6-8-16(9-7-15)31(26,27)24-12-10-14(11-13-24)20(25)23-21-22-19-17(29-2)4-3-5-18(19)30-21/h3-9,14H,10-13H2,1-2H3,(H,22,23,25). The molecule has 2 heterocycles. The molecule has 1 saturated heterocycles. The normalized spacial score (nSPS) is 15.9. The highest BCUT2D eigenvalue weighted by Crippen LogP contribution is 2.33. The summed E-state index contributed by atoms with van der Waals surface area (Å²) in [4.78, 5) is 19.8. The smallest absolute Gasteiger partial charge is 0.243 e. The van der Waals surface area contributed by atoms with Crippen LogP contribution in [0.25, 0.3) is 10.2 Å². The van der Waals surface area contributed by atoms with Gasteiger partial charge in [0.2, 0.25) is 15.9 Å². The molecule has 0 saturated carbocycles. The van der Waals surface area contributed by atoms with Crippen molar-refractivity contribution >= 4 is 66.1 Å². The van der Waals surface area contributed by atoms with Crippen molar-refractivity contribution in [2.45, 2.75) is 27.5 Å². The third kappa shape index (κ3) is 4.78. The number of thiazole rings is 1. The number of fused-ring (bicyclic) bond motifs is 1. The van der Waals surface area contributed by atoms with Crippen LogP contribution in [0.5, 0.6) is 0 Å². The van der Waals surface area contributed by atoms with Gasteiger partial charge in [-0.25, -0.2) is 13.4 Å². The van der Waals surface area contributed by atoms with Crippen LogP contribution in [0.4, 0.5) is 5.13 Å². The van der Waals surface area contributed by atoms with E-state index in [1.54, 1.807) is 35.7 Å². The van der Waals surface area contributed by atoms with E-state index in [2.05, 4.69) is 10.3 Å². The Morgan fingerprint density at radius 2 is 1.81 bits per heavy atom. The number of hydrogen-bond acceptors (Lipinski definition) is 7.